The van der Waals surface area contributed by atoms with E-state index in [1.165, 1.54) is 17.0 Å². The molecule has 0 fully saturated rings. The zero-order valence-electron chi connectivity index (χ0n) is 16.7. The first-order valence-electron chi connectivity index (χ1n) is 9.10. The molecular weight excluding hydrogens is 395 g/mol. The minimum absolute atomic E-state index is 0.274. The Morgan fingerprint density at radius 2 is 1.73 bits per heavy atom. The van der Waals surface area contributed by atoms with Crippen LogP contribution in [0.15, 0.2) is 52.9 Å². The first-order valence-corrected chi connectivity index (χ1v) is 9.10. The second-order valence-electron chi connectivity index (χ2n) is 7.39. The normalized spacial score (nSPS) is 11.8. The van der Waals surface area contributed by atoms with E-state index in [9.17, 15) is 13.2 Å². The van der Waals surface area contributed by atoms with E-state index in [0.717, 1.165) is 12.1 Å². The summed E-state index contributed by atoms with van der Waals surface area (Å²) in [5, 5.41) is 20.4. The molecule has 0 unspecified atom stereocenters. The topological polar surface area (TPSA) is 78.0 Å². The summed E-state index contributed by atoms with van der Waals surface area (Å²) in [4.78, 5) is 1.51. The molecule has 0 atom stereocenters. The molecule has 0 radical (unpaired) electrons. The van der Waals surface area contributed by atoms with Gasteiger partial charge in [-0.3, -0.25) is 0 Å². The van der Waals surface area contributed by atoms with Crippen LogP contribution in [0.2, 0.25) is 0 Å². The maximum Gasteiger partial charge on any atom is 0.416 e. The SMILES string of the molecule is CN(C#N)C(C)(C)Cc1nnc(-c2ccccc2Nc2ccc(C(F)(F)F)cc2)o1. The van der Waals surface area contributed by atoms with Crippen molar-refractivity contribution in [2.75, 3.05) is 12.4 Å². The Bertz CT molecular complexity index is 1050. The van der Waals surface area contributed by atoms with Gasteiger partial charge < -0.3 is 14.6 Å². The number of para-hydroxylation sites is 1. The van der Waals surface area contributed by atoms with Crippen LogP contribution in [-0.2, 0) is 12.6 Å². The molecule has 3 rings (SSSR count). The molecule has 0 spiro atoms. The maximum absolute atomic E-state index is 12.8. The van der Waals surface area contributed by atoms with Crippen LogP contribution in [0, 0.1) is 11.5 Å². The first-order chi connectivity index (χ1) is 14.1. The summed E-state index contributed by atoms with van der Waals surface area (Å²) in [6.45, 7) is 3.78. The van der Waals surface area contributed by atoms with Crippen molar-refractivity contribution < 1.29 is 17.6 Å². The van der Waals surface area contributed by atoms with Gasteiger partial charge in [0.2, 0.25) is 11.8 Å². The Labute approximate surface area is 172 Å². The van der Waals surface area contributed by atoms with Gasteiger partial charge in [0.25, 0.3) is 0 Å². The standard InChI is InChI=1S/C21H20F3N5O/c1-20(2,29(3)13-25)12-18-27-28-19(30-18)16-6-4-5-7-17(16)26-15-10-8-14(9-11-15)21(22,23)24/h4-11,26H,12H2,1-3H3. The number of benzene rings is 2. The number of hydrogen-bond donors (Lipinski definition) is 1. The van der Waals surface area contributed by atoms with Crippen LogP contribution in [0.1, 0.15) is 25.3 Å². The largest absolute Gasteiger partial charge is 0.421 e. The van der Waals surface area contributed by atoms with Crippen molar-refractivity contribution in [3.8, 4) is 17.6 Å². The molecule has 0 bridgehead atoms. The summed E-state index contributed by atoms with van der Waals surface area (Å²) >= 11 is 0. The van der Waals surface area contributed by atoms with Crippen molar-refractivity contribution in [1.29, 1.82) is 5.26 Å². The number of rotatable bonds is 6. The minimum Gasteiger partial charge on any atom is -0.421 e. The molecule has 1 heterocycles. The molecule has 0 aliphatic heterocycles. The van der Waals surface area contributed by atoms with Crippen LogP contribution in [0.25, 0.3) is 11.5 Å². The molecule has 156 valence electrons. The molecule has 9 heteroatoms. The summed E-state index contributed by atoms with van der Waals surface area (Å²) < 4.78 is 44.1. The first kappa shape index (κ1) is 21.2. The zero-order chi connectivity index (χ0) is 21.9. The fourth-order valence-corrected chi connectivity index (χ4v) is 2.73. The smallest absolute Gasteiger partial charge is 0.416 e. The molecule has 1 N–H and O–H groups in total. The highest BCUT2D eigenvalue weighted by atomic mass is 19.4. The Morgan fingerprint density at radius 1 is 1.07 bits per heavy atom. The van der Waals surface area contributed by atoms with Crippen LogP contribution in [0.5, 0.6) is 0 Å². The Kier molecular flexibility index (Phi) is 5.69. The van der Waals surface area contributed by atoms with Gasteiger partial charge in [-0.1, -0.05) is 12.1 Å². The second-order valence-corrected chi connectivity index (χ2v) is 7.39. The van der Waals surface area contributed by atoms with Gasteiger partial charge in [-0.2, -0.15) is 18.4 Å². The Hall–Kier alpha value is -3.54. The number of anilines is 2. The van der Waals surface area contributed by atoms with E-state index in [0.29, 0.717) is 29.2 Å². The summed E-state index contributed by atoms with van der Waals surface area (Å²) in [5.74, 6) is 0.650. The van der Waals surface area contributed by atoms with Crippen LogP contribution < -0.4 is 5.32 Å². The number of aromatic nitrogens is 2. The van der Waals surface area contributed by atoms with Crippen LogP contribution in [0.3, 0.4) is 0 Å². The van der Waals surface area contributed by atoms with Crippen LogP contribution in [-0.4, -0.2) is 27.7 Å². The van der Waals surface area contributed by atoms with Crippen molar-refractivity contribution in [2.45, 2.75) is 32.0 Å². The zero-order valence-corrected chi connectivity index (χ0v) is 16.7. The van der Waals surface area contributed by atoms with E-state index in [1.54, 1.807) is 31.3 Å². The molecule has 2 aromatic carbocycles. The van der Waals surface area contributed by atoms with E-state index >= 15 is 0 Å². The molecule has 0 saturated heterocycles. The molecule has 30 heavy (non-hydrogen) atoms. The highest BCUT2D eigenvalue weighted by molar-refractivity contribution is 5.76. The Morgan fingerprint density at radius 3 is 2.37 bits per heavy atom. The lowest BCUT2D eigenvalue weighted by Crippen LogP contribution is -2.39. The average molecular weight is 415 g/mol. The fourth-order valence-electron chi connectivity index (χ4n) is 2.73. The van der Waals surface area contributed by atoms with E-state index in [1.807, 2.05) is 13.8 Å². The van der Waals surface area contributed by atoms with E-state index in [4.69, 9.17) is 9.68 Å². The lowest BCUT2D eigenvalue weighted by molar-refractivity contribution is -0.137. The summed E-state index contributed by atoms with van der Waals surface area (Å²) in [6, 6.07) is 11.9. The number of halogens is 3. The van der Waals surface area contributed by atoms with E-state index < -0.39 is 17.3 Å². The average Bonchev–Trinajstić information content (AvgIpc) is 3.15. The van der Waals surface area contributed by atoms with Gasteiger partial charge in [-0.25, -0.2) is 0 Å². The Balaban J connectivity index is 1.83. The van der Waals surface area contributed by atoms with Crippen molar-refractivity contribution in [3.05, 3.63) is 60.0 Å². The summed E-state index contributed by atoms with van der Waals surface area (Å²) in [5.41, 5.74) is 0.500. The molecule has 3 aromatic rings. The molecule has 0 aliphatic rings. The second kappa shape index (κ2) is 8.06. The lowest BCUT2D eigenvalue weighted by Gasteiger charge is -2.29. The van der Waals surface area contributed by atoms with Gasteiger partial charge in [-0.05, 0) is 50.2 Å². The van der Waals surface area contributed by atoms with Crippen molar-refractivity contribution in [1.82, 2.24) is 15.1 Å². The predicted octanol–water partition coefficient (Wildman–Crippen LogP) is 5.23. The lowest BCUT2D eigenvalue weighted by atomic mass is 9.99. The molecular formula is C21H20F3N5O. The van der Waals surface area contributed by atoms with Gasteiger partial charge in [0.15, 0.2) is 6.19 Å². The van der Waals surface area contributed by atoms with Crippen molar-refractivity contribution in [3.63, 3.8) is 0 Å². The van der Waals surface area contributed by atoms with Crippen LogP contribution in [0.4, 0.5) is 24.5 Å². The molecule has 0 saturated carbocycles. The van der Waals surface area contributed by atoms with Gasteiger partial charge in [-0.15, -0.1) is 10.2 Å². The molecule has 1 aromatic heterocycles. The van der Waals surface area contributed by atoms with E-state index in [-0.39, 0.29) is 5.89 Å². The number of hydrogen-bond acceptors (Lipinski definition) is 6. The number of nitriles is 1. The van der Waals surface area contributed by atoms with Crippen LogP contribution >= 0.6 is 0 Å². The number of alkyl halides is 3. The number of nitrogens with one attached hydrogen (secondary N) is 1. The molecule has 6 nitrogen and oxygen atoms in total. The number of likely N-dealkylation sites (N-methyl/N-ethyl adjacent to an activating group) is 1. The van der Waals surface area contributed by atoms with Gasteiger partial charge in [0.1, 0.15) is 0 Å². The van der Waals surface area contributed by atoms with Crippen molar-refractivity contribution >= 4 is 11.4 Å². The minimum atomic E-state index is -4.38. The number of nitrogens with zero attached hydrogens (tertiary/aromatic N) is 4. The maximum atomic E-state index is 12.8. The summed E-state index contributed by atoms with van der Waals surface area (Å²) in [7, 11) is 1.68. The molecule has 0 amide bonds. The van der Waals surface area contributed by atoms with Gasteiger partial charge >= 0.3 is 6.18 Å². The third kappa shape index (κ3) is 4.71. The quantitative estimate of drug-likeness (QED) is 0.439. The summed E-state index contributed by atoms with van der Waals surface area (Å²) in [6.07, 6.45) is -1.93. The predicted molar refractivity (Wildman–Crippen MR) is 106 cm³/mol. The van der Waals surface area contributed by atoms with Gasteiger partial charge in [0.05, 0.1) is 22.4 Å². The fraction of sp³-hybridized carbons (Fsp3) is 0.286. The highest BCUT2D eigenvalue weighted by Crippen LogP contribution is 2.33. The third-order valence-corrected chi connectivity index (χ3v) is 4.76. The van der Waals surface area contributed by atoms with Gasteiger partial charge in [0, 0.05) is 19.2 Å². The monoisotopic (exact) mass is 415 g/mol. The third-order valence-electron chi connectivity index (χ3n) is 4.76. The van der Waals surface area contributed by atoms with Crippen molar-refractivity contribution in [2.24, 2.45) is 0 Å². The highest BCUT2D eigenvalue weighted by Gasteiger charge is 2.30. The molecule has 0 aliphatic carbocycles. The van der Waals surface area contributed by atoms with E-state index in [2.05, 4.69) is 21.7 Å².